The lowest BCUT2D eigenvalue weighted by atomic mass is 10.1. The third kappa shape index (κ3) is 6.87. The first-order valence-corrected chi connectivity index (χ1v) is 12.5. The summed E-state index contributed by atoms with van der Waals surface area (Å²) in [5.74, 6) is 2.53. The number of unbranched alkanes of at least 4 members (excludes halogenated alkanes) is 2. The number of ether oxygens (including phenoxy) is 2. The summed E-state index contributed by atoms with van der Waals surface area (Å²) in [5, 5.41) is 0.718. The first-order valence-electron chi connectivity index (χ1n) is 12.2. The maximum atomic E-state index is 6.27. The Bertz CT molecular complexity index is 1010. The largest absolute Gasteiger partial charge is 0.493 e. The van der Waals surface area contributed by atoms with Crippen LogP contribution in [0, 0.1) is 0 Å². The average Bonchev–Trinajstić information content (AvgIpc) is 3.16. The van der Waals surface area contributed by atoms with Crippen molar-refractivity contribution in [1.82, 2.24) is 14.5 Å². The molecule has 0 amide bonds. The summed E-state index contributed by atoms with van der Waals surface area (Å²) < 4.78 is 13.3. The molecule has 5 nitrogen and oxygen atoms in total. The van der Waals surface area contributed by atoms with E-state index in [-0.39, 0.29) is 0 Å². The van der Waals surface area contributed by atoms with Crippen molar-refractivity contribution in [2.24, 2.45) is 0 Å². The fourth-order valence-electron chi connectivity index (χ4n) is 4.26. The van der Waals surface area contributed by atoms with Crippen LogP contribution in [0.2, 0.25) is 5.02 Å². The van der Waals surface area contributed by atoms with E-state index in [1.54, 1.807) is 14.2 Å². The van der Waals surface area contributed by atoms with E-state index in [0.29, 0.717) is 0 Å². The Balaban J connectivity index is 1.81. The van der Waals surface area contributed by atoms with Gasteiger partial charge in [-0.05, 0) is 74.8 Å². The number of methoxy groups -OCH3 is 2. The second kappa shape index (κ2) is 12.9. The molecule has 3 aromatic rings. The molecule has 0 saturated carbocycles. The minimum atomic E-state index is 0.718. The number of aromatic nitrogens is 2. The zero-order valence-corrected chi connectivity index (χ0v) is 21.3. The highest BCUT2D eigenvalue weighted by Crippen LogP contribution is 2.29. The molecule has 2 aromatic carbocycles. The molecule has 0 atom stereocenters. The number of hydrogen-bond donors (Lipinski definition) is 0. The molecule has 1 aromatic heterocycles. The summed E-state index contributed by atoms with van der Waals surface area (Å²) in [6, 6.07) is 12.1. The van der Waals surface area contributed by atoms with E-state index in [2.05, 4.69) is 35.4 Å². The van der Waals surface area contributed by atoms with E-state index in [0.717, 1.165) is 64.9 Å². The van der Waals surface area contributed by atoms with Crippen LogP contribution in [-0.4, -0.2) is 48.3 Å². The highest BCUT2D eigenvalue weighted by atomic mass is 35.5. The van der Waals surface area contributed by atoms with E-state index < -0.39 is 0 Å². The third-order valence-corrected chi connectivity index (χ3v) is 6.35. The third-order valence-electron chi connectivity index (χ3n) is 6.11. The second-order valence-corrected chi connectivity index (χ2v) is 9.02. The highest BCUT2D eigenvalue weighted by molar-refractivity contribution is 6.31. The Morgan fingerprint density at radius 3 is 2.24 bits per heavy atom. The molecule has 0 aliphatic heterocycles. The Hall–Kier alpha value is -2.24. The molecule has 6 heteroatoms. The lowest BCUT2D eigenvalue weighted by molar-refractivity contribution is 0.257. The van der Waals surface area contributed by atoms with Crippen molar-refractivity contribution in [1.29, 1.82) is 0 Å². The van der Waals surface area contributed by atoms with Gasteiger partial charge < -0.3 is 18.9 Å². The number of fused-ring (bicyclic) bond motifs is 1. The number of hydrogen-bond acceptors (Lipinski definition) is 4. The molecule has 0 fully saturated rings. The van der Waals surface area contributed by atoms with Gasteiger partial charge in [0.15, 0.2) is 11.5 Å². The maximum Gasteiger partial charge on any atom is 0.161 e. The molecule has 1 heterocycles. The van der Waals surface area contributed by atoms with Gasteiger partial charge in [0.2, 0.25) is 0 Å². The number of imidazole rings is 1. The highest BCUT2D eigenvalue weighted by Gasteiger charge is 2.14. The van der Waals surface area contributed by atoms with Gasteiger partial charge in [0, 0.05) is 18.0 Å². The molecule has 0 bridgehead atoms. The van der Waals surface area contributed by atoms with Crippen LogP contribution in [-0.2, 0) is 13.0 Å². The zero-order valence-electron chi connectivity index (χ0n) is 20.6. The van der Waals surface area contributed by atoms with Gasteiger partial charge >= 0.3 is 0 Å². The Morgan fingerprint density at radius 2 is 1.58 bits per heavy atom. The Labute approximate surface area is 203 Å². The molecule has 33 heavy (non-hydrogen) atoms. The standard InChI is InChI=1S/C27H38ClN3O2/c1-5-7-14-30(15-8-6-2)16-9-17-31-24-12-11-22(28)20-23(24)29-27(31)19-21-10-13-25(32-3)26(18-21)33-4/h10-13,18,20H,5-9,14-17,19H2,1-4H3. The molecule has 0 aliphatic rings. The maximum absolute atomic E-state index is 6.27. The van der Waals surface area contributed by atoms with E-state index >= 15 is 0 Å². The molecule has 3 rings (SSSR count). The van der Waals surface area contributed by atoms with Crippen molar-refractivity contribution < 1.29 is 9.47 Å². The fraction of sp³-hybridized carbons (Fsp3) is 0.519. The van der Waals surface area contributed by atoms with Gasteiger partial charge in [0.1, 0.15) is 5.82 Å². The summed E-state index contributed by atoms with van der Waals surface area (Å²) in [5.41, 5.74) is 3.23. The molecule has 180 valence electrons. The van der Waals surface area contributed by atoms with Gasteiger partial charge in [0.25, 0.3) is 0 Å². The van der Waals surface area contributed by atoms with Crippen LogP contribution in [0.5, 0.6) is 11.5 Å². The van der Waals surface area contributed by atoms with Crippen molar-refractivity contribution in [3.8, 4) is 11.5 Å². The van der Waals surface area contributed by atoms with Crippen molar-refractivity contribution >= 4 is 22.6 Å². The predicted octanol–water partition coefficient (Wildman–Crippen LogP) is 6.59. The van der Waals surface area contributed by atoms with Crippen molar-refractivity contribution in [2.45, 2.75) is 58.9 Å². The summed E-state index contributed by atoms with van der Waals surface area (Å²) in [6.45, 7) is 8.96. The van der Waals surface area contributed by atoms with Crippen molar-refractivity contribution in [3.63, 3.8) is 0 Å². The van der Waals surface area contributed by atoms with Gasteiger partial charge in [-0.2, -0.15) is 0 Å². The van der Waals surface area contributed by atoms with Crippen LogP contribution in [0.4, 0.5) is 0 Å². The molecule has 0 saturated heterocycles. The number of rotatable bonds is 14. The van der Waals surface area contributed by atoms with Crippen LogP contribution in [0.1, 0.15) is 57.3 Å². The molecular weight excluding hydrogens is 434 g/mol. The van der Waals surface area contributed by atoms with Gasteiger partial charge in [-0.1, -0.05) is 44.4 Å². The van der Waals surface area contributed by atoms with Gasteiger partial charge in [-0.25, -0.2) is 4.98 Å². The average molecular weight is 472 g/mol. The number of aryl methyl sites for hydroxylation is 1. The minimum absolute atomic E-state index is 0.718. The summed E-state index contributed by atoms with van der Waals surface area (Å²) >= 11 is 6.27. The van der Waals surface area contributed by atoms with Crippen LogP contribution >= 0.6 is 11.6 Å². The predicted molar refractivity (Wildman–Crippen MR) is 138 cm³/mol. The SMILES string of the molecule is CCCCN(CCCC)CCCn1c(Cc2ccc(OC)c(OC)c2)nc2cc(Cl)ccc21. The normalized spacial score (nSPS) is 11.5. The molecule has 0 N–H and O–H groups in total. The molecular formula is C27H38ClN3O2. The monoisotopic (exact) mass is 471 g/mol. The van der Waals surface area contributed by atoms with E-state index in [1.165, 1.54) is 38.8 Å². The second-order valence-electron chi connectivity index (χ2n) is 8.58. The van der Waals surface area contributed by atoms with Crippen LogP contribution in [0.25, 0.3) is 11.0 Å². The van der Waals surface area contributed by atoms with Crippen molar-refractivity contribution in [3.05, 3.63) is 52.8 Å². The number of benzene rings is 2. The molecule has 0 aliphatic carbocycles. The Kier molecular flexibility index (Phi) is 9.89. The molecule has 0 radical (unpaired) electrons. The quantitative estimate of drug-likeness (QED) is 0.266. The smallest absolute Gasteiger partial charge is 0.161 e. The van der Waals surface area contributed by atoms with E-state index in [1.807, 2.05) is 24.3 Å². The van der Waals surface area contributed by atoms with Crippen LogP contribution in [0.15, 0.2) is 36.4 Å². The number of halogens is 1. The van der Waals surface area contributed by atoms with E-state index in [9.17, 15) is 0 Å². The minimum Gasteiger partial charge on any atom is -0.493 e. The summed E-state index contributed by atoms with van der Waals surface area (Å²) in [4.78, 5) is 7.58. The zero-order chi connectivity index (χ0) is 23.6. The van der Waals surface area contributed by atoms with E-state index in [4.69, 9.17) is 26.1 Å². The van der Waals surface area contributed by atoms with Crippen molar-refractivity contribution in [2.75, 3.05) is 33.9 Å². The van der Waals surface area contributed by atoms with Gasteiger partial charge in [-0.15, -0.1) is 0 Å². The fourth-order valence-corrected chi connectivity index (χ4v) is 4.43. The van der Waals surface area contributed by atoms with Gasteiger partial charge in [-0.3, -0.25) is 0 Å². The first kappa shape index (κ1) is 25.4. The summed E-state index contributed by atoms with van der Waals surface area (Å²) in [6.07, 6.45) is 6.83. The lowest BCUT2D eigenvalue weighted by Gasteiger charge is -2.22. The topological polar surface area (TPSA) is 39.5 Å². The Morgan fingerprint density at radius 1 is 0.879 bits per heavy atom. The van der Waals surface area contributed by atoms with Crippen LogP contribution in [0.3, 0.4) is 0 Å². The first-order chi connectivity index (χ1) is 16.1. The lowest BCUT2D eigenvalue weighted by Crippen LogP contribution is -2.28. The van der Waals surface area contributed by atoms with Gasteiger partial charge in [0.05, 0.1) is 25.3 Å². The molecule has 0 spiro atoms. The summed E-state index contributed by atoms with van der Waals surface area (Å²) in [7, 11) is 3.33. The van der Waals surface area contributed by atoms with Crippen LogP contribution < -0.4 is 9.47 Å². The number of nitrogens with zero attached hydrogens (tertiary/aromatic N) is 3. The molecule has 0 unspecified atom stereocenters.